The number of thiazole rings is 1. The highest BCUT2D eigenvalue weighted by molar-refractivity contribution is 9.11. The van der Waals surface area contributed by atoms with Gasteiger partial charge in [0.05, 0.1) is 6.20 Å². The summed E-state index contributed by atoms with van der Waals surface area (Å²) < 4.78 is 6.02. The van der Waals surface area contributed by atoms with E-state index in [1.165, 1.54) is 11.3 Å². The second kappa shape index (κ2) is 6.31. The number of ether oxygens (including phenoxy) is 1. The van der Waals surface area contributed by atoms with Crippen LogP contribution < -0.4 is 0 Å². The zero-order chi connectivity index (χ0) is 15.6. The monoisotopic (exact) mass is 375 g/mol. The molecule has 1 aliphatic heterocycles. The van der Waals surface area contributed by atoms with Gasteiger partial charge in [0, 0.05) is 26.2 Å². The van der Waals surface area contributed by atoms with E-state index < -0.39 is 5.60 Å². The van der Waals surface area contributed by atoms with Crippen molar-refractivity contribution >= 4 is 39.3 Å². The van der Waals surface area contributed by atoms with Crippen molar-refractivity contribution in [2.75, 3.05) is 26.2 Å². The molecule has 1 aliphatic rings. The van der Waals surface area contributed by atoms with Crippen LogP contribution in [0, 0.1) is 0 Å². The fourth-order valence-electron chi connectivity index (χ4n) is 1.93. The largest absolute Gasteiger partial charge is 0.444 e. The van der Waals surface area contributed by atoms with Gasteiger partial charge in [0.25, 0.3) is 5.91 Å². The fraction of sp³-hybridized carbons (Fsp3) is 0.615. The van der Waals surface area contributed by atoms with Crippen molar-refractivity contribution in [1.82, 2.24) is 14.8 Å². The second-order valence-electron chi connectivity index (χ2n) is 5.74. The number of piperazine rings is 1. The molecule has 0 spiro atoms. The molecule has 0 atom stereocenters. The molecule has 2 rings (SSSR count). The molecule has 21 heavy (non-hydrogen) atoms. The highest BCUT2D eigenvalue weighted by atomic mass is 79.9. The fourth-order valence-corrected chi connectivity index (χ4v) is 3.16. The molecule has 0 unspecified atom stereocenters. The number of hydrogen-bond acceptors (Lipinski definition) is 5. The normalized spacial score (nSPS) is 16.0. The summed E-state index contributed by atoms with van der Waals surface area (Å²) in [5.41, 5.74) is -0.501. The predicted molar refractivity (Wildman–Crippen MR) is 83.5 cm³/mol. The molecular formula is C13H18BrN3O3S. The zero-order valence-electron chi connectivity index (χ0n) is 12.3. The summed E-state index contributed by atoms with van der Waals surface area (Å²) in [5.74, 6) is -0.0398. The minimum Gasteiger partial charge on any atom is -0.444 e. The van der Waals surface area contributed by atoms with Crippen LogP contribution in [0.25, 0.3) is 0 Å². The first kappa shape index (κ1) is 16.2. The van der Waals surface area contributed by atoms with Gasteiger partial charge in [-0.3, -0.25) is 4.79 Å². The van der Waals surface area contributed by atoms with E-state index in [2.05, 4.69) is 20.9 Å². The Morgan fingerprint density at radius 1 is 1.24 bits per heavy atom. The van der Waals surface area contributed by atoms with Crippen LogP contribution in [0.1, 0.15) is 30.4 Å². The van der Waals surface area contributed by atoms with Gasteiger partial charge >= 0.3 is 6.09 Å². The van der Waals surface area contributed by atoms with Gasteiger partial charge in [-0.1, -0.05) is 0 Å². The van der Waals surface area contributed by atoms with Gasteiger partial charge in [-0.2, -0.15) is 0 Å². The standard InChI is InChI=1S/C13H18BrN3O3S/c1-13(2,3)20-12(19)17-6-4-16(5-7-17)10(18)9-8-15-11(14)21-9/h8H,4-7H2,1-3H3. The van der Waals surface area contributed by atoms with Crippen molar-refractivity contribution in [2.45, 2.75) is 26.4 Å². The van der Waals surface area contributed by atoms with Crippen LogP contribution in [0.5, 0.6) is 0 Å². The summed E-state index contributed by atoms with van der Waals surface area (Å²) in [5, 5.41) is 0. The van der Waals surface area contributed by atoms with Crippen LogP contribution in [-0.4, -0.2) is 58.6 Å². The van der Waals surface area contributed by atoms with Gasteiger partial charge in [-0.15, -0.1) is 11.3 Å². The van der Waals surface area contributed by atoms with E-state index in [4.69, 9.17) is 4.74 Å². The number of rotatable bonds is 1. The van der Waals surface area contributed by atoms with E-state index in [0.29, 0.717) is 35.0 Å². The molecule has 1 saturated heterocycles. The van der Waals surface area contributed by atoms with Crippen molar-refractivity contribution in [2.24, 2.45) is 0 Å². The van der Waals surface area contributed by atoms with E-state index in [0.717, 1.165) is 0 Å². The van der Waals surface area contributed by atoms with E-state index in [1.54, 1.807) is 16.0 Å². The van der Waals surface area contributed by atoms with E-state index in [-0.39, 0.29) is 12.0 Å². The number of carbonyl (C=O) groups excluding carboxylic acids is 2. The van der Waals surface area contributed by atoms with E-state index in [1.807, 2.05) is 20.8 Å². The average molecular weight is 376 g/mol. The first-order valence-corrected chi connectivity index (χ1v) is 8.26. The number of amides is 2. The van der Waals surface area contributed by atoms with Crippen molar-refractivity contribution in [3.05, 3.63) is 15.0 Å². The predicted octanol–water partition coefficient (Wildman–Crippen LogP) is 2.60. The van der Waals surface area contributed by atoms with Crippen LogP contribution in [0.15, 0.2) is 10.1 Å². The zero-order valence-corrected chi connectivity index (χ0v) is 14.7. The summed E-state index contributed by atoms with van der Waals surface area (Å²) in [6.07, 6.45) is 1.24. The highest BCUT2D eigenvalue weighted by Gasteiger charge is 2.28. The Hall–Kier alpha value is -1.15. The van der Waals surface area contributed by atoms with Crippen LogP contribution in [0.4, 0.5) is 4.79 Å². The summed E-state index contributed by atoms with van der Waals surface area (Å²) in [6, 6.07) is 0. The molecule has 2 heterocycles. The van der Waals surface area contributed by atoms with Gasteiger partial charge in [0.15, 0.2) is 3.92 Å². The lowest BCUT2D eigenvalue weighted by molar-refractivity contribution is 0.0141. The summed E-state index contributed by atoms with van der Waals surface area (Å²) in [7, 11) is 0. The third-order valence-corrected chi connectivity index (χ3v) is 4.37. The van der Waals surface area contributed by atoms with Gasteiger partial charge in [0.1, 0.15) is 10.5 Å². The Morgan fingerprint density at radius 3 is 2.29 bits per heavy atom. The molecule has 0 N–H and O–H groups in total. The Labute approximate surface area is 136 Å². The molecule has 0 bridgehead atoms. The number of carbonyl (C=O) groups is 2. The topological polar surface area (TPSA) is 62.7 Å². The van der Waals surface area contributed by atoms with Gasteiger partial charge in [0.2, 0.25) is 0 Å². The molecular weight excluding hydrogens is 358 g/mol. The third kappa shape index (κ3) is 4.41. The van der Waals surface area contributed by atoms with E-state index in [9.17, 15) is 9.59 Å². The minimum absolute atomic E-state index is 0.0398. The lowest BCUT2D eigenvalue weighted by Gasteiger charge is -2.35. The van der Waals surface area contributed by atoms with Crippen molar-refractivity contribution in [3.8, 4) is 0 Å². The van der Waals surface area contributed by atoms with Crippen LogP contribution >= 0.6 is 27.3 Å². The lowest BCUT2D eigenvalue weighted by Crippen LogP contribution is -2.51. The molecule has 0 aromatic carbocycles. The minimum atomic E-state index is -0.501. The quantitative estimate of drug-likeness (QED) is 0.756. The van der Waals surface area contributed by atoms with Gasteiger partial charge < -0.3 is 14.5 Å². The van der Waals surface area contributed by atoms with Gasteiger partial charge in [-0.25, -0.2) is 9.78 Å². The Kier molecular flexibility index (Phi) is 4.88. The molecule has 1 aromatic rings. The lowest BCUT2D eigenvalue weighted by atomic mass is 10.2. The first-order valence-electron chi connectivity index (χ1n) is 6.65. The summed E-state index contributed by atoms with van der Waals surface area (Å²) in [6.45, 7) is 7.51. The number of aromatic nitrogens is 1. The molecule has 2 amide bonds. The molecule has 1 fully saturated rings. The Balaban J connectivity index is 1.88. The highest BCUT2D eigenvalue weighted by Crippen LogP contribution is 2.21. The van der Waals surface area contributed by atoms with Crippen molar-refractivity contribution in [3.63, 3.8) is 0 Å². The number of halogens is 1. The van der Waals surface area contributed by atoms with E-state index >= 15 is 0 Å². The first-order chi connectivity index (χ1) is 9.76. The maximum Gasteiger partial charge on any atom is 0.410 e. The van der Waals surface area contributed by atoms with Crippen molar-refractivity contribution < 1.29 is 14.3 Å². The van der Waals surface area contributed by atoms with Crippen LogP contribution in [0.2, 0.25) is 0 Å². The molecule has 8 heteroatoms. The summed E-state index contributed by atoms with van der Waals surface area (Å²) in [4.78, 5) is 32.2. The maximum atomic E-state index is 12.3. The molecule has 0 aliphatic carbocycles. The van der Waals surface area contributed by atoms with Crippen molar-refractivity contribution in [1.29, 1.82) is 0 Å². The molecule has 0 radical (unpaired) electrons. The molecule has 1 aromatic heterocycles. The van der Waals surface area contributed by atoms with Gasteiger partial charge in [-0.05, 0) is 36.7 Å². The van der Waals surface area contributed by atoms with Crippen LogP contribution in [0.3, 0.4) is 0 Å². The Bertz CT molecular complexity index is 533. The smallest absolute Gasteiger partial charge is 0.410 e. The second-order valence-corrected chi connectivity index (χ2v) is 8.04. The summed E-state index contributed by atoms with van der Waals surface area (Å²) >= 11 is 4.56. The third-order valence-electron chi connectivity index (χ3n) is 2.91. The van der Waals surface area contributed by atoms with Crippen LogP contribution in [-0.2, 0) is 4.74 Å². The molecule has 116 valence electrons. The number of hydrogen-bond donors (Lipinski definition) is 0. The number of nitrogens with zero attached hydrogens (tertiary/aromatic N) is 3. The SMILES string of the molecule is CC(C)(C)OC(=O)N1CCN(C(=O)c2cnc(Br)s2)CC1. The average Bonchev–Trinajstić information content (AvgIpc) is 2.83. The molecule has 0 saturated carbocycles. The maximum absolute atomic E-state index is 12.3. The molecule has 6 nitrogen and oxygen atoms in total. The Morgan fingerprint density at radius 2 is 1.81 bits per heavy atom.